The van der Waals surface area contributed by atoms with Crippen LogP contribution in [-0.2, 0) is 4.79 Å². The lowest BCUT2D eigenvalue weighted by atomic mass is 9.68. The number of amides is 2. The van der Waals surface area contributed by atoms with E-state index >= 15 is 0 Å². The molecule has 2 heterocycles. The Labute approximate surface area is 191 Å². The fourth-order valence-corrected chi connectivity index (χ4v) is 4.83. The van der Waals surface area contributed by atoms with Gasteiger partial charge in [-0.05, 0) is 56.1 Å². The van der Waals surface area contributed by atoms with E-state index in [1.165, 1.54) is 29.2 Å². The Kier molecular flexibility index (Phi) is 6.14. The summed E-state index contributed by atoms with van der Waals surface area (Å²) in [7, 11) is 0. The first-order chi connectivity index (χ1) is 15.6. The van der Waals surface area contributed by atoms with Crippen molar-refractivity contribution in [3.05, 3.63) is 47.7 Å². The van der Waals surface area contributed by atoms with E-state index in [9.17, 15) is 14.0 Å². The van der Waals surface area contributed by atoms with E-state index in [4.69, 9.17) is 5.73 Å². The van der Waals surface area contributed by atoms with Crippen molar-refractivity contribution in [3.8, 4) is 5.95 Å². The molecule has 9 heteroatoms. The van der Waals surface area contributed by atoms with Crippen LogP contribution in [0.25, 0.3) is 16.9 Å². The lowest BCUT2D eigenvalue weighted by molar-refractivity contribution is -0.120. The van der Waals surface area contributed by atoms with Crippen LogP contribution in [0.4, 0.5) is 4.39 Å². The first-order valence-corrected chi connectivity index (χ1v) is 11.2. The van der Waals surface area contributed by atoms with Crippen molar-refractivity contribution in [2.75, 3.05) is 0 Å². The number of benzene rings is 1. The minimum atomic E-state index is -0.368. The van der Waals surface area contributed by atoms with E-state index in [1.54, 1.807) is 6.07 Å². The van der Waals surface area contributed by atoms with Crippen LogP contribution in [0.2, 0.25) is 0 Å². The van der Waals surface area contributed by atoms with Crippen LogP contribution in [0.15, 0.2) is 30.6 Å². The van der Waals surface area contributed by atoms with Gasteiger partial charge in [-0.1, -0.05) is 13.8 Å². The second kappa shape index (κ2) is 8.88. The summed E-state index contributed by atoms with van der Waals surface area (Å²) < 4.78 is 15.2. The summed E-state index contributed by atoms with van der Waals surface area (Å²) in [5.74, 6) is -0.200. The molecule has 1 aliphatic rings. The second-order valence-electron chi connectivity index (χ2n) is 9.58. The van der Waals surface area contributed by atoms with Gasteiger partial charge in [0.1, 0.15) is 5.82 Å². The smallest absolute Gasteiger partial charge is 0.254 e. The van der Waals surface area contributed by atoms with E-state index in [2.05, 4.69) is 34.2 Å². The highest BCUT2D eigenvalue weighted by atomic mass is 19.1. The van der Waals surface area contributed by atoms with Gasteiger partial charge in [-0.2, -0.15) is 9.78 Å². The monoisotopic (exact) mass is 452 g/mol. The van der Waals surface area contributed by atoms with Crippen LogP contribution < -0.4 is 11.1 Å². The molecule has 0 saturated heterocycles. The number of hydrogen-bond donors (Lipinski definition) is 2. The predicted molar refractivity (Wildman–Crippen MR) is 122 cm³/mol. The third kappa shape index (κ3) is 4.86. The molecule has 1 fully saturated rings. The Morgan fingerprint density at radius 3 is 2.48 bits per heavy atom. The molecular weight excluding hydrogens is 423 g/mol. The van der Waals surface area contributed by atoms with Crippen molar-refractivity contribution >= 4 is 22.7 Å². The van der Waals surface area contributed by atoms with Crippen LogP contribution in [0.5, 0.6) is 0 Å². The molecule has 174 valence electrons. The minimum absolute atomic E-state index is 0.0680. The number of nitrogens with zero attached hydrogens (tertiary/aromatic N) is 4. The molecule has 1 aliphatic carbocycles. The van der Waals surface area contributed by atoms with Crippen LogP contribution in [0.1, 0.15) is 62.0 Å². The van der Waals surface area contributed by atoms with Crippen LogP contribution in [0.3, 0.4) is 0 Å². The van der Waals surface area contributed by atoms with Crippen molar-refractivity contribution in [2.45, 2.75) is 58.9 Å². The van der Waals surface area contributed by atoms with Crippen LogP contribution in [0, 0.1) is 24.1 Å². The van der Waals surface area contributed by atoms with Crippen molar-refractivity contribution in [3.63, 3.8) is 0 Å². The Balaban J connectivity index is 1.40. The summed E-state index contributed by atoms with van der Waals surface area (Å²) >= 11 is 0. The Bertz CT molecular complexity index is 1180. The Morgan fingerprint density at radius 1 is 1.18 bits per heavy atom. The zero-order valence-electron chi connectivity index (χ0n) is 19.1. The number of nitrogens with two attached hydrogens (primary N) is 1. The molecule has 0 spiro atoms. The number of carbonyl (C=O) groups excluding carboxylic acids is 2. The number of aromatic nitrogens is 4. The molecule has 0 radical (unpaired) electrons. The highest BCUT2D eigenvalue weighted by Gasteiger charge is 2.34. The number of rotatable bonds is 6. The molecule has 0 bridgehead atoms. The Morgan fingerprint density at radius 2 is 1.85 bits per heavy atom. The molecular formula is C24H29FN6O2. The highest BCUT2D eigenvalue weighted by Crippen LogP contribution is 2.40. The number of nitrogens with one attached hydrogen (secondary N) is 1. The molecule has 2 aromatic heterocycles. The molecule has 3 N–H and O–H groups in total. The first kappa shape index (κ1) is 22.8. The topological polar surface area (TPSA) is 116 Å². The number of fused-ring (bicyclic) bond motifs is 1. The number of carbonyl (C=O) groups is 2. The van der Waals surface area contributed by atoms with E-state index < -0.39 is 0 Å². The van der Waals surface area contributed by atoms with Gasteiger partial charge in [0.15, 0.2) is 0 Å². The van der Waals surface area contributed by atoms with E-state index in [-0.39, 0.29) is 35.0 Å². The van der Waals surface area contributed by atoms with E-state index in [0.29, 0.717) is 23.4 Å². The molecule has 8 nitrogen and oxygen atoms in total. The summed E-state index contributed by atoms with van der Waals surface area (Å²) in [5, 5.41) is 8.29. The largest absolute Gasteiger partial charge is 0.370 e. The molecule has 4 rings (SSSR count). The van der Waals surface area contributed by atoms with Gasteiger partial charge in [0.05, 0.1) is 16.8 Å². The van der Waals surface area contributed by atoms with Crippen molar-refractivity contribution in [1.82, 2.24) is 25.1 Å². The SMILES string of the molecule is Cc1nn(-c2ncc(C(=O)NC3CCC(C(C)(C)CC(N)=O)CC3)cn2)c2cc(F)ccc12. The molecule has 33 heavy (non-hydrogen) atoms. The fourth-order valence-electron chi connectivity index (χ4n) is 4.83. The maximum Gasteiger partial charge on any atom is 0.254 e. The zero-order valence-corrected chi connectivity index (χ0v) is 19.1. The lowest BCUT2D eigenvalue weighted by Crippen LogP contribution is -2.40. The van der Waals surface area contributed by atoms with Gasteiger partial charge in [-0.15, -0.1) is 0 Å². The van der Waals surface area contributed by atoms with Gasteiger partial charge in [-0.25, -0.2) is 14.4 Å². The van der Waals surface area contributed by atoms with Gasteiger partial charge in [-0.3, -0.25) is 9.59 Å². The summed E-state index contributed by atoms with van der Waals surface area (Å²) in [5.41, 5.74) is 6.93. The van der Waals surface area contributed by atoms with Gasteiger partial charge in [0.2, 0.25) is 5.91 Å². The molecule has 1 saturated carbocycles. The number of aryl methyl sites for hydroxylation is 1. The van der Waals surface area contributed by atoms with Crippen molar-refractivity contribution in [1.29, 1.82) is 0 Å². The first-order valence-electron chi connectivity index (χ1n) is 11.2. The summed E-state index contributed by atoms with van der Waals surface area (Å²) in [6.07, 6.45) is 6.86. The van der Waals surface area contributed by atoms with E-state index in [1.807, 2.05) is 6.92 Å². The van der Waals surface area contributed by atoms with E-state index in [0.717, 1.165) is 36.8 Å². The predicted octanol–water partition coefficient (Wildman–Crippen LogP) is 3.45. The molecule has 0 aliphatic heterocycles. The quantitative estimate of drug-likeness (QED) is 0.594. The zero-order chi connectivity index (χ0) is 23.8. The third-order valence-electron chi connectivity index (χ3n) is 6.72. The fraction of sp³-hybridized carbons (Fsp3) is 0.458. The molecule has 1 aromatic carbocycles. The number of primary amides is 1. The summed E-state index contributed by atoms with van der Waals surface area (Å²) in [4.78, 5) is 32.7. The molecule has 0 unspecified atom stereocenters. The average Bonchev–Trinajstić information content (AvgIpc) is 3.09. The van der Waals surface area contributed by atoms with Crippen molar-refractivity contribution < 1.29 is 14.0 Å². The molecule has 2 amide bonds. The van der Waals surface area contributed by atoms with Gasteiger partial charge in [0.25, 0.3) is 11.9 Å². The molecule has 3 aromatic rings. The third-order valence-corrected chi connectivity index (χ3v) is 6.72. The molecule has 0 atom stereocenters. The highest BCUT2D eigenvalue weighted by molar-refractivity contribution is 5.93. The number of halogens is 1. The lowest BCUT2D eigenvalue weighted by Gasteiger charge is -2.39. The maximum absolute atomic E-state index is 13.7. The Hall–Kier alpha value is -3.36. The average molecular weight is 453 g/mol. The standard InChI is InChI=1S/C24H29FN6O2/c1-14-19-9-6-17(25)10-20(19)31(30-14)23-27-12-15(13-28-23)22(33)29-18-7-4-16(5-8-18)24(2,3)11-21(26)32/h6,9-10,12-13,16,18H,4-5,7-8,11H2,1-3H3,(H2,26,32)(H,29,33). The normalized spacial score (nSPS) is 18.9. The van der Waals surface area contributed by atoms with Crippen LogP contribution in [-0.4, -0.2) is 37.6 Å². The maximum atomic E-state index is 13.7. The second-order valence-corrected chi connectivity index (χ2v) is 9.58. The number of hydrogen-bond acceptors (Lipinski definition) is 5. The van der Waals surface area contributed by atoms with Crippen LogP contribution >= 0.6 is 0 Å². The van der Waals surface area contributed by atoms with Gasteiger partial charge >= 0.3 is 0 Å². The summed E-state index contributed by atoms with van der Waals surface area (Å²) in [6, 6.07) is 4.52. The van der Waals surface area contributed by atoms with Gasteiger partial charge in [0, 0.05) is 36.3 Å². The summed E-state index contributed by atoms with van der Waals surface area (Å²) in [6.45, 7) is 6.00. The van der Waals surface area contributed by atoms with Crippen molar-refractivity contribution in [2.24, 2.45) is 17.1 Å². The minimum Gasteiger partial charge on any atom is -0.370 e. The van der Waals surface area contributed by atoms with Gasteiger partial charge < -0.3 is 11.1 Å².